The van der Waals surface area contributed by atoms with Gasteiger partial charge in [0.05, 0.1) is 40.0 Å². The molecule has 0 aromatic carbocycles. The largest absolute Gasteiger partial charge is 0.472 e. The van der Waals surface area contributed by atoms with Crippen molar-refractivity contribution in [1.82, 2.24) is 0 Å². The van der Waals surface area contributed by atoms with E-state index < -0.39 is 32.5 Å². The summed E-state index contributed by atoms with van der Waals surface area (Å²) < 4.78 is 40.0. The maximum Gasteiger partial charge on any atom is 0.472 e. The minimum Gasteiger partial charge on any atom is -0.462 e. The first-order chi connectivity index (χ1) is 27.5. The van der Waals surface area contributed by atoms with E-state index in [1.165, 1.54) is 38.5 Å². The third kappa shape index (κ3) is 35.1. The SMILES string of the molecule is CCCCC/C=C\C/C=C\C/C=C\CCCCC(=O)O[C@H](COC(=O)CCC/C=C\CC1OC1C/C=C\C/C=C\CCCCC)COP(=O)(O)OCC[N+](C)(C)C. The number of nitrogens with zero attached hydrogens (tertiary/aromatic N) is 1. The fourth-order valence-electron chi connectivity index (χ4n) is 5.52. The average molecular weight is 821 g/mol. The van der Waals surface area contributed by atoms with Crippen molar-refractivity contribution in [3.8, 4) is 0 Å². The van der Waals surface area contributed by atoms with Gasteiger partial charge in [-0.1, -0.05) is 112 Å². The van der Waals surface area contributed by atoms with Crippen LogP contribution in [0, 0.1) is 0 Å². The molecule has 0 aromatic rings. The maximum absolute atomic E-state index is 12.7. The Kier molecular flexibility index (Phi) is 31.5. The van der Waals surface area contributed by atoms with Crippen molar-refractivity contribution < 1.29 is 46.8 Å². The zero-order valence-electron chi connectivity index (χ0n) is 36.2. The number of unbranched alkanes of at least 4 members (excludes halogenated alkanes) is 9. The monoisotopic (exact) mass is 821 g/mol. The van der Waals surface area contributed by atoms with Crippen LogP contribution < -0.4 is 0 Å². The summed E-state index contributed by atoms with van der Waals surface area (Å²) in [6, 6.07) is 0. The molecule has 57 heavy (non-hydrogen) atoms. The number of rotatable bonds is 37. The molecular formula is C46H79NO9P+. The third-order valence-corrected chi connectivity index (χ3v) is 10.1. The number of ether oxygens (including phenoxy) is 3. The van der Waals surface area contributed by atoms with E-state index in [4.69, 9.17) is 23.3 Å². The van der Waals surface area contributed by atoms with Gasteiger partial charge in [0, 0.05) is 12.8 Å². The number of phosphoric ester groups is 1. The number of phosphoric acid groups is 1. The van der Waals surface area contributed by atoms with E-state index in [1.807, 2.05) is 21.1 Å². The van der Waals surface area contributed by atoms with Crippen LogP contribution in [0.25, 0.3) is 0 Å². The highest BCUT2D eigenvalue weighted by Crippen LogP contribution is 2.43. The molecule has 0 amide bonds. The minimum absolute atomic E-state index is 0.00933. The van der Waals surface area contributed by atoms with E-state index in [0.717, 1.165) is 64.2 Å². The van der Waals surface area contributed by atoms with Crippen molar-refractivity contribution >= 4 is 19.8 Å². The molecule has 1 aliphatic heterocycles. The van der Waals surface area contributed by atoms with E-state index in [9.17, 15) is 19.0 Å². The molecule has 11 heteroatoms. The number of esters is 2. The Morgan fingerprint density at radius 1 is 0.632 bits per heavy atom. The van der Waals surface area contributed by atoms with Gasteiger partial charge in [-0.25, -0.2) is 4.57 Å². The van der Waals surface area contributed by atoms with Gasteiger partial charge in [0.15, 0.2) is 6.10 Å². The fourth-order valence-corrected chi connectivity index (χ4v) is 6.26. The first-order valence-electron chi connectivity index (χ1n) is 21.8. The van der Waals surface area contributed by atoms with Crippen LogP contribution in [0.15, 0.2) is 72.9 Å². The van der Waals surface area contributed by atoms with Crippen molar-refractivity contribution in [2.45, 2.75) is 161 Å². The molecule has 326 valence electrons. The highest BCUT2D eigenvalue weighted by molar-refractivity contribution is 7.47. The average Bonchev–Trinajstić information content (AvgIpc) is 3.92. The van der Waals surface area contributed by atoms with Crippen LogP contribution in [0.4, 0.5) is 0 Å². The number of epoxide rings is 1. The zero-order chi connectivity index (χ0) is 41.9. The summed E-state index contributed by atoms with van der Waals surface area (Å²) in [5.41, 5.74) is 0. The van der Waals surface area contributed by atoms with Crippen molar-refractivity contribution in [2.24, 2.45) is 0 Å². The van der Waals surface area contributed by atoms with Crippen LogP contribution in [0.2, 0.25) is 0 Å². The number of hydrogen-bond acceptors (Lipinski definition) is 8. The second-order valence-corrected chi connectivity index (χ2v) is 17.2. The van der Waals surface area contributed by atoms with Crippen molar-refractivity contribution in [1.29, 1.82) is 0 Å². The van der Waals surface area contributed by atoms with Gasteiger partial charge in [-0.3, -0.25) is 18.6 Å². The second-order valence-electron chi connectivity index (χ2n) is 15.8. The molecule has 0 aliphatic carbocycles. The van der Waals surface area contributed by atoms with Crippen LogP contribution in [-0.4, -0.2) is 87.1 Å². The van der Waals surface area contributed by atoms with Gasteiger partial charge in [0.25, 0.3) is 0 Å². The standard InChI is InChI=1S/C46H78NO9P/c1-6-8-10-12-14-16-17-18-19-20-21-23-25-27-33-37-46(49)55-42(41-54-57(50,51)53-39-38-47(3,4)5)40-52-45(48)36-32-29-28-31-35-44-43(56-44)34-30-26-24-22-15-13-11-9-7-2/h14-16,18-19,21-23,26,28,30-31,42-44H,6-13,17,20,24-25,27,29,32-41H2,1-5H3/p+1/b16-14-,19-18-,22-15-,23-21-,30-26-,31-28-/t42-,43?,44?/m1/s1. The lowest BCUT2D eigenvalue weighted by Crippen LogP contribution is -2.37. The van der Waals surface area contributed by atoms with E-state index in [1.54, 1.807) is 0 Å². The van der Waals surface area contributed by atoms with Crippen LogP contribution in [0.1, 0.15) is 142 Å². The summed E-state index contributed by atoms with van der Waals surface area (Å²) in [6.45, 7) is 4.21. The van der Waals surface area contributed by atoms with E-state index in [2.05, 4.69) is 86.8 Å². The molecule has 4 atom stereocenters. The Labute approximate surface area is 346 Å². The number of hydrogen-bond donors (Lipinski definition) is 1. The zero-order valence-corrected chi connectivity index (χ0v) is 37.1. The number of likely N-dealkylation sites (N-methyl/N-ethyl adjacent to an activating group) is 1. The Morgan fingerprint density at radius 2 is 1.11 bits per heavy atom. The molecule has 1 N–H and O–H groups in total. The number of carbonyl (C=O) groups is 2. The molecule has 1 saturated heterocycles. The van der Waals surface area contributed by atoms with Gasteiger partial charge in [-0.15, -0.1) is 0 Å². The van der Waals surface area contributed by atoms with Crippen molar-refractivity contribution in [3.05, 3.63) is 72.9 Å². The number of quaternary nitrogens is 1. The molecule has 0 bridgehead atoms. The first kappa shape index (κ1) is 52.4. The predicted molar refractivity (Wildman–Crippen MR) is 233 cm³/mol. The topological polar surface area (TPSA) is 121 Å². The Hall–Kier alpha value is -2.59. The highest BCUT2D eigenvalue weighted by Gasteiger charge is 2.36. The molecule has 1 heterocycles. The summed E-state index contributed by atoms with van der Waals surface area (Å²) >= 11 is 0. The first-order valence-corrected chi connectivity index (χ1v) is 23.3. The van der Waals surface area contributed by atoms with Crippen LogP contribution in [0.3, 0.4) is 0 Å². The minimum atomic E-state index is -4.41. The molecule has 3 unspecified atom stereocenters. The molecule has 10 nitrogen and oxygen atoms in total. The molecular weight excluding hydrogens is 741 g/mol. The highest BCUT2D eigenvalue weighted by atomic mass is 31.2. The molecule has 0 saturated carbocycles. The number of carbonyl (C=O) groups excluding carboxylic acids is 2. The van der Waals surface area contributed by atoms with Crippen molar-refractivity contribution in [3.63, 3.8) is 0 Å². The Morgan fingerprint density at radius 3 is 1.67 bits per heavy atom. The normalized spacial score (nSPS) is 17.9. The van der Waals surface area contributed by atoms with Crippen LogP contribution >= 0.6 is 7.82 Å². The van der Waals surface area contributed by atoms with Crippen molar-refractivity contribution in [2.75, 3.05) is 47.5 Å². The molecule has 1 rings (SSSR count). The van der Waals surface area contributed by atoms with Gasteiger partial charge >= 0.3 is 19.8 Å². The lowest BCUT2D eigenvalue weighted by molar-refractivity contribution is -0.870. The van der Waals surface area contributed by atoms with Gasteiger partial charge < -0.3 is 23.6 Å². The fraction of sp³-hybridized carbons (Fsp3) is 0.696. The predicted octanol–water partition coefficient (Wildman–Crippen LogP) is 11.2. The van der Waals surface area contributed by atoms with Gasteiger partial charge in [0.2, 0.25) is 0 Å². The summed E-state index contributed by atoms with van der Waals surface area (Å²) in [5.74, 6) is -0.925. The summed E-state index contributed by atoms with van der Waals surface area (Å²) in [4.78, 5) is 35.4. The van der Waals surface area contributed by atoms with Gasteiger partial charge in [-0.2, -0.15) is 0 Å². The summed E-state index contributed by atoms with van der Waals surface area (Å²) in [7, 11) is 1.40. The molecule has 0 aromatic heterocycles. The van der Waals surface area contributed by atoms with Gasteiger partial charge in [-0.05, 0) is 89.9 Å². The van der Waals surface area contributed by atoms with Crippen LogP contribution in [-0.2, 0) is 37.4 Å². The quantitative estimate of drug-likeness (QED) is 0.0163. The van der Waals surface area contributed by atoms with E-state index in [-0.39, 0.29) is 38.3 Å². The number of allylic oxidation sites excluding steroid dienone is 10. The van der Waals surface area contributed by atoms with E-state index in [0.29, 0.717) is 23.9 Å². The lowest BCUT2D eigenvalue weighted by atomic mass is 10.1. The van der Waals surface area contributed by atoms with Crippen LogP contribution in [0.5, 0.6) is 0 Å². The summed E-state index contributed by atoms with van der Waals surface area (Å²) in [5, 5.41) is 0. The Bertz CT molecular complexity index is 1270. The summed E-state index contributed by atoms with van der Waals surface area (Å²) in [6.07, 6.45) is 44.1. The lowest BCUT2D eigenvalue weighted by Gasteiger charge is -2.24. The molecule has 1 aliphatic rings. The molecule has 1 fully saturated rings. The maximum atomic E-state index is 12.7. The van der Waals surface area contributed by atoms with Gasteiger partial charge in [0.1, 0.15) is 19.8 Å². The second kappa shape index (κ2) is 34.3. The smallest absolute Gasteiger partial charge is 0.462 e. The third-order valence-electron chi connectivity index (χ3n) is 9.11. The molecule has 0 spiro atoms. The van der Waals surface area contributed by atoms with E-state index >= 15 is 0 Å². The molecule has 0 radical (unpaired) electrons. The Balaban J connectivity index is 2.38.